The molecular weight excluding hydrogens is 381 g/mol. The Morgan fingerprint density at radius 1 is 1.37 bits per heavy atom. The van der Waals surface area contributed by atoms with Crippen LogP contribution in [0.3, 0.4) is 0 Å². The normalized spacial score (nSPS) is 14.0. The van der Waals surface area contributed by atoms with Crippen LogP contribution in [-0.4, -0.2) is 47.8 Å². The lowest BCUT2D eigenvalue weighted by atomic mass is 10.1. The lowest BCUT2D eigenvalue weighted by molar-refractivity contribution is -0.137. The van der Waals surface area contributed by atoms with Gasteiger partial charge in [0.25, 0.3) is 5.91 Å². The lowest BCUT2D eigenvalue weighted by Gasteiger charge is -2.17. The quantitative estimate of drug-likeness (QED) is 0.804. The van der Waals surface area contributed by atoms with Gasteiger partial charge in [-0.15, -0.1) is 12.4 Å². The number of aromatic nitrogens is 2. The fourth-order valence-electron chi connectivity index (χ4n) is 2.88. The summed E-state index contributed by atoms with van der Waals surface area (Å²) < 4.78 is 40.5. The maximum atomic E-state index is 13.0. The molecule has 0 bridgehead atoms. The van der Waals surface area contributed by atoms with Gasteiger partial charge in [-0.25, -0.2) is 4.68 Å². The smallest absolute Gasteiger partial charge is 0.340 e. The minimum Gasteiger partial charge on any atom is -0.340 e. The van der Waals surface area contributed by atoms with Gasteiger partial charge in [0, 0.05) is 26.1 Å². The van der Waals surface area contributed by atoms with Gasteiger partial charge in [0.2, 0.25) is 0 Å². The van der Waals surface area contributed by atoms with Crippen molar-refractivity contribution < 1.29 is 18.0 Å². The maximum absolute atomic E-state index is 13.0. The van der Waals surface area contributed by atoms with E-state index >= 15 is 0 Å². The Kier molecular flexibility index (Phi) is 6.54. The van der Waals surface area contributed by atoms with E-state index in [0.717, 1.165) is 25.0 Å². The van der Waals surface area contributed by atoms with Gasteiger partial charge in [-0.3, -0.25) is 4.79 Å². The summed E-state index contributed by atoms with van der Waals surface area (Å²) in [7, 11) is 3.51. The van der Waals surface area contributed by atoms with Crippen molar-refractivity contribution in [1.29, 1.82) is 0 Å². The van der Waals surface area contributed by atoms with Gasteiger partial charge in [-0.1, -0.05) is 6.07 Å². The molecule has 0 saturated heterocycles. The first-order valence-electron chi connectivity index (χ1n) is 8.48. The van der Waals surface area contributed by atoms with Crippen LogP contribution in [0.25, 0.3) is 5.69 Å². The van der Waals surface area contributed by atoms with Crippen molar-refractivity contribution in [3.05, 3.63) is 47.3 Å². The van der Waals surface area contributed by atoms with E-state index in [9.17, 15) is 18.0 Å². The second-order valence-electron chi connectivity index (χ2n) is 6.51. The molecule has 2 aromatic rings. The van der Waals surface area contributed by atoms with Crippen LogP contribution in [0.15, 0.2) is 30.5 Å². The molecule has 0 radical (unpaired) electrons. The Hall–Kier alpha value is -2.06. The molecule has 1 heterocycles. The van der Waals surface area contributed by atoms with E-state index in [4.69, 9.17) is 0 Å². The predicted molar refractivity (Wildman–Crippen MR) is 98.7 cm³/mol. The number of alkyl halides is 3. The molecule has 0 unspecified atom stereocenters. The number of carbonyl (C=O) groups excluding carboxylic acids is 1. The highest BCUT2D eigenvalue weighted by Gasteiger charge is 2.35. The van der Waals surface area contributed by atoms with Crippen LogP contribution in [0.2, 0.25) is 0 Å². The molecule has 9 heteroatoms. The lowest BCUT2D eigenvalue weighted by Crippen LogP contribution is -2.33. The van der Waals surface area contributed by atoms with Crippen LogP contribution in [0.1, 0.15) is 40.4 Å². The van der Waals surface area contributed by atoms with Crippen molar-refractivity contribution in [1.82, 2.24) is 20.0 Å². The zero-order valence-corrected chi connectivity index (χ0v) is 15.9. The van der Waals surface area contributed by atoms with Crippen molar-refractivity contribution in [3.8, 4) is 5.69 Å². The predicted octanol–water partition coefficient (Wildman–Crippen LogP) is 3.48. The number of benzene rings is 1. The summed E-state index contributed by atoms with van der Waals surface area (Å²) in [5.74, 6) is -0.0101. The second-order valence-corrected chi connectivity index (χ2v) is 6.51. The molecule has 0 aliphatic heterocycles. The third-order valence-corrected chi connectivity index (χ3v) is 4.46. The Labute approximate surface area is 161 Å². The summed E-state index contributed by atoms with van der Waals surface area (Å²) >= 11 is 0. The number of halogens is 4. The van der Waals surface area contributed by atoms with Gasteiger partial charge >= 0.3 is 6.18 Å². The number of hydrogen-bond donors (Lipinski definition) is 1. The number of likely N-dealkylation sites (N-methyl/N-ethyl adjacent to an activating group) is 2. The molecule has 1 aliphatic carbocycles. The first kappa shape index (κ1) is 21.2. The highest BCUT2D eigenvalue weighted by Crippen LogP contribution is 2.43. The van der Waals surface area contributed by atoms with Gasteiger partial charge in [0.15, 0.2) is 0 Å². The van der Waals surface area contributed by atoms with Crippen LogP contribution in [-0.2, 0) is 6.18 Å². The molecule has 1 amide bonds. The minimum atomic E-state index is -4.42. The fraction of sp³-hybridized carbons (Fsp3) is 0.444. The van der Waals surface area contributed by atoms with Crippen LogP contribution in [0.5, 0.6) is 0 Å². The molecule has 148 valence electrons. The molecule has 27 heavy (non-hydrogen) atoms. The topological polar surface area (TPSA) is 50.2 Å². The summed E-state index contributed by atoms with van der Waals surface area (Å²) in [6.07, 6.45) is -1.14. The number of nitrogens with one attached hydrogen (secondary N) is 1. The van der Waals surface area contributed by atoms with Crippen LogP contribution < -0.4 is 5.32 Å². The van der Waals surface area contributed by atoms with Crippen LogP contribution in [0, 0.1) is 0 Å². The first-order chi connectivity index (χ1) is 12.3. The van der Waals surface area contributed by atoms with Gasteiger partial charge in [-0.05, 0) is 38.1 Å². The number of amides is 1. The standard InChI is InChI=1S/C18H21F3N4O.ClH/c1-22-8-9-24(2)17(26)15-11-23-25(16(15)12-6-7-12)14-5-3-4-13(10-14)18(19,20)21;/h3-5,10-12,22H,6-9H2,1-2H3;1H. The number of rotatable bonds is 6. The Bertz CT molecular complexity index is 802. The average molecular weight is 403 g/mol. The summed E-state index contributed by atoms with van der Waals surface area (Å²) in [6, 6.07) is 5.03. The average Bonchev–Trinajstić information content (AvgIpc) is 3.36. The van der Waals surface area contributed by atoms with E-state index < -0.39 is 11.7 Å². The van der Waals surface area contributed by atoms with Crippen molar-refractivity contribution in [2.24, 2.45) is 0 Å². The fourth-order valence-corrected chi connectivity index (χ4v) is 2.88. The van der Waals surface area contributed by atoms with Crippen LogP contribution in [0.4, 0.5) is 13.2 Å². The Morgan fingerprint density at radius 2 is 2.07 bits per heavy atom. The van der Waals surface area contributed by atoms with Gasteiger partial charge in [0.05, 0.1) is 28.7 Å². The monoisotopic (exact) mass is 402 g/mol. The molecule has 1 aliphatic rings. The number of carbonyl (C=O) groups is 1. The molecule has 1 N–H and O–H groups in total. The molecule has 0 spiro atoms. The van der Waals surface area contributed by atoms with Gasteiger partial charge in [0.1, 0.15) is 0 Å². The Balaban J connectivity index is 0.00000261. The molecule has 5 nitrogen and oxygen atoms in total. The minimum absolute atomic E-state index is 0. The molecule has 1 aromatic carbocycles. The largest absolute Gasteiger partial charge is 0.416 e. The first-order valence-corrected chi connectivity index (χ1v) is 8.48. The summed E-state index contributed by atoms with van der Waals surface area (Å²) in [5, 5.41) is 7.23. The number of hydrogen-bond acceptors (Lipinski definition) is 3. The van der Waals surface area contributed by atoms with Gasteiger partial charge < -0.3 is 10.2 Å². The Morgan fingerprint density at radius 3 is 2.67 bits per heavy atom. The molecular formula is C18H22ClF3N4O. The van der Waals surface area contributed by atoms with E-state index in [1.54, 1.807) is 25.1 Å². The molecule has 1 fully saturated rings. The third-order valence-electron chi connectivity index (χ3n) is 4.46. The highest BCUT2D eigenvalue weighted by molar-refractivity contribution is 5.95. The summed E-state index contributed by atoms with van der Waals surface area (Å²) in [5.41, 5.74) is 0.749. The van der Waals surface area contributed by atoms with Crippen molar-refractivity contribution in [3.63, 3.8) is 0 Å². The molecule has 3 rings (SSSR count). The van der Waals surface area contributed by atoms with Crippen molar-refractivity contribution in [2.75, 3.05) is 27.2 Å². The SMILES string of the molecule is CNCCN(C)C(=O)c1cnn(-c2cccc(C(F)(F)F)c2)c1C1CC1.Cl. The summed E-state index contributed by atoms with van der Waals surface area (Å²) in [4.78, 5) is 14.3. The summed E-state index contributed by atoms with van der Waals surface area (Å²) in [6.45, 7) is 1.19. The van der Waals surface area contributed by atoms with Crippen LogP contribution >= 0.6 is 12.4 Å². The van der Waals surface area contributed by atoms with Crippen molar-refractivity contribution in [2.45, 2.75) is 24.9 Å². The van der Waals surface area contributed by atoms with E-state index in [2.05, 4.69) is 10.4 Å². The van der Waals surface area contributed by atoms with E-state index in [1.807, 2.05) is 0 Å². The maximum Gasteiger partial charge on any atom is 0.416 e. The molecule has 1 aromatic heterocycles. The van der Waals surface area contributed by atoms with Crippen molar-refractivity contribution >= 4 is 18.3 Å². The molecule has 1 saturated carbocycles. The zero-order chi connectivity index (χ0) is 18.9. The van der Waals surface area contributed by atoms with E-state index in [0.29, 0.717) is 30.0 Å². The highest BCUT2D eigenvalue weighted by atomic mass is 35.5. The van der Waals surface area contributed by atoms with Gasteiger partial charge in [-0.2, -0.15) is 18.3 Å². The van der Waals surface area contributed by atoms with E-state index in [1.165, 1.54) is 16.9 Å². The van der Waals surface area contributed by atoms with E-state index in [-0.39, 0.29) is 24.2 Å². The molecule has 0 atom stereocenters. The second kappa shape index (κ2) is 8.31. The zero-order valence-electron chi connectivity index (χ0n) is 15.1. The third kappa shape index (κ3) is 4.62. The number of nitrogens with zero attached hydrogens (tertiary/aromatic N) is 3.